The maximum atomic E-state index is 5.88. The Hall–Kier alpha value is -0.860. The van der Waals surface area contributed by atoms with E-state index in [1.165, 1.54) is 36.0 Å². The molecule has 0 spiro atoms. The molecule has 2 rings (SSSR count). The predicted molar refractivity (Wildman–Crippen MR) is 80.7 cm³/mol. The lowest BCUT2D eigenvalue weighted by molar-refractivity contribution is 0.0784. The summed E-state index contributed by atoms with van der Waals surface area (Å²) in [7, 11) is 0. The molecule has 2 nitrogen and oxygen atoms in total. The van der Waals surface area contributed by atoms with Crippen molar-refractivity contribution in [3.8, 4) is 0 Å². The minimum absolute atomic E-state index is 0.396. The van der Waals surface area contributed by atoms with Gasteiger partial charge in [0.05, 0.1) is 6.10 Å². The Kier molecular flexibility index (Phi) is 5.41. The minimum atomic E-state index is 0.396. The summed E-state index contributed by atoms with van der Waals surface area (Å²) in [5, 5.41) is 3.67. The molecule has 2 atom stereocenters. The number of hydrogen-bond donors (Lipinski definition) is 1. The fourth-order valence-electron chi connectivity index (χ4n) is 2.77. The van der Waals surface area contributed by atoms with Crippen LogP contribution < -0.4 is 5.32 Å². The van der Waals surface area contributed by atoms with Crippen LogP contribution in [0, 0.1) is 13.8 Å². The first-order chi connectivity index (χ1) is 9.20. The van der Waals surface area contributed by atoms with Crippen molar-refractivity contribution >= 4 is 0 Å². The lowest BCUT2D eigenvalue weighted by Crippen LogP contribution is -2.41. The highest BCUT2D eigenvalue weighted by Gasteiger charge is 2.25. The van der Waals surface area contributed by atoms with Crippen LogP contribution in [0.2, 0.25) is 0 Å². The number of benzene rings is 1. The van der Waals surface area contributed by atoms with Crippen LogP contribution in [-0.2, 0) is 11.2 Å². The molecule has 19 heavy (non-hydrogen) atoms. The summed E-state index contributed by atoms with van der Waals surface area (Å²) in [5.74, 6) is 0. The van der Waals surface area contributed by atoms with Crippen LogP contribution in [0.3, 0.4) is 0 Å². The summed E-state index contributed by atoms with van der Waals surface area (Å²) in [6.07, 6.45) is 5.06. The average Bonchev–Trinajstić information content (AvgIpc) is 2.92. The van der Waals surface area contributed by atoms with E-state index in [9.17, 15) is 0 Å². The second-order valence-corrected chi connectivity index (χ2v) is 5.73. The normalized spacial score (nSPS) is 20.7. The molecule has 0 amide bonds. The molecular formula is C17H27NO. The Morgan fingerprint density at radius 3 is 2.79 bits per heavy atom. The molecule has 1 saturated heterocycles. The van der Waals surface area contributed by atoms with Gasteiger partial charge in [-0.25, -0.2) is 0 Å². The van der Waals surface area contributed by atoms with Crippen molar-refractivity contribution < 1.29 is 4.74 Å². The Labute approximate surface area is 117 Å². The van der Waals surface area contributed by atoms with E-state index in [0.29, 0.717) is 12.1 Å². The summed E-state index contributed by atoms with van der Waals surface area (Å²) in [5.41, 5.74) is 4.19. The molecule has 0 saturated carbocycles. The molecule has 2 unspecified atom stereocenters. The fraction of sp³-hybridized carbons (Fsp3) is 0.647. The van der Waals surface area contributed by atoms with E-state index in [4.69, 9.17) is 4.74 Å². The lowest BCUT2D eigenvalue weighted by Gasteiger charge is -2.24. The van der Waals surface area contributed by atoms with Crippen molar-refractivity contribution in [3.05, 3.63) is 34.9 Å². The third kappa shape index (κ3) is 4.05. The van der Waals surface area contributed by atoms with Gasteiger partial charge in [0.2, 0.25) is 0 Å². The molecule has 0 bridgehead atoms. The van der Waals surface area contributed by atoms with Gasteiger partial charge < -0.3 is 10.1 Å². The SMILES string of the molecule is CCCNC(Cc1ccc(C)c(C)c1)C1CCCO1. The second-order valence-electron chi connectivity index (χ2n) is 5.73. The lowest BCUT2D eigenvalue weighted by atomic mass is 9.97. The molecule has 0 aliphatic carbocycles. The van der Waals surface area contributed by atoms with E-state index in [1.807, 2.05) is 0 Å². The molecule has 1 aromatic rings. The highest BCUT2D eigenvalue weighted by atomic mass is 16.5. The van der Waals surface area contributed by atoms with Crippen LogP contribution in [0.15, 0.2) is 18.2 Å². The van der Waals surface area contributed by atoms with Gasteiger partial charge in [-0.05, 0) is 62.8 Å². The van der Waals surface area contributed by atoms with Crippen molar-refractivity contribution in [2.24, 2.45) is 0 Å². The zero-order chi connectivity index (χ0) is 13.7. The van der Waals surface area contributed by atoms with Gasteiger partial charge in [0.25, 0.3) is 0 Å². The number of ether oxygens (including phenoxy) is 1. The van der Waals surface area contributed by atoms with Gasteiger partial charge in [-0.3, -0.25) is 0 Å². The standard InChI is InChI=1S/C17H27NO/c1-4-9-18-16(17-6-5-10-19-17)12-15-8-7-13(2)14(3)11-15/h7-8,11,16-18H,4-6,9-10,12H2,1-3H3. The van der Waals surface area contributed by atoms with Crippen LogP contribution in [0.25, 0.3) is 0 Å². The van der Waals surface area contributed by atoms with Crippen molar-refractivity contribution in [2.45, 2.75) is 58.6 Å². The quantitative estimate of drug-likeness (QED) is 0.847. The minimum Gasteiger partial charge on any atom is -0.377 e. The van der Waals surface area contributed by atoms with E-state index < -0.39 is 0 Å². The third-order valence-corrected chi connectivity index (χ3v) is 4.10. The zero-order valence-electron chi connectivity index (χ0n) is 12.5. The van der Waals surface area contributed by atoms with Gasteiger partial charge in [0.15, 0.2) is 0 Å². The van der Waals surface area contributed by atoms with E-state index in [0.717, 1.165) is 19.6 Å². The van der Waals surface area contributed by atoms with Crippen molar-refractivity contribution in [1.29, 1.82) is 0 Å². The molecule has 1 aromatic carbocycles. The van der Waals surface area contributed by atoms with Gasteiger partial charge in [0, 0.05) is 12.6 Å². The maximum absolute atomic E-state index is 5.88. The van der Waals surface area contributed by atoms with E-state index >= 15 is 0 Å². The average molecular weight is 261 g/mol. The van der Waals surface area contributed by atoms with Crippen LogP contribution in [-0.4, -0.2) is 25.3 Å². The molecule has 2 heteroatoms. The summed E-state index contributed by atoms with van der Waals surface area (Å²) in [6.45, 7) is 8.60. The Bertz CT molecular complexity index is 396. The number of nitrogens with one attached hydrogen (secondary N) is 1. The summed E-state index contributed by atoms with van der Waals surface area (Å²) in [6, 6.07) is 7.28. The van der Waals surface area contributed by atoms with Crippen molar-refractivity contribution in [2.75, 3.05) is 13.2 Å². The Balaban J connectivity index is 2.03. The summed E-state index contributed by atoms with van der Waals surface area (Å²) >= 11 is 0. The molecule has 0 aromatic heterocycles. The van der Waals surface area contributed by atoms with E-state index in [-0.39, 0.29) is 0 Å². The van der Waals surface area contributed by atoms with Gasteiger partial charge in [-0.2, -0.15) is 0 Å². The monoisotopic (exact) mass is 261 g/mol. The molecule has 0 radical (unpaired) electrons. The van der Waals surface area contributed by atoms with Gasteiger partial charge >= 0.3 is 0 Å². The van der Waals surface area contributed by atoms with Crippen molar-refractivity contribution in [3.63, 3.8) is 0 Å². The maximum Gasteiger partial charge on any atom is 0.0732 e. The smallest absolute Gasteiger partial charge is 0.0732 e. The van der Waals surface area contributed by atoms with Crippen molar-refractivity contribution in [1.82, 2.24) is 5.32 Å². The third-order valence-electron chi connectivity index (χ3n) is 4.10. The molecule has 1 N–H and O–H groups in total. The van der Waals surface area contributed by atoms with Crippen LogP contribution >= 0.6 is 0 Å². The molecular weight excluding hydrogens is 234 g/mol. The van der Waals surface area contributed by atoms with Gasteiger partial charge in [-0.15, -0.1) is 0 Å². The molecule has 1 fully saturated rings. The Morgan fingerprint density at radius 2 is 2.16 bits per heavy atom. The zero-order valence-corrected chi connectivity index (χ0v) is 12.5. The number of rotatable bonds is 6. The van der Waals surface area contributed by atoms with E-state index in [2.05, 4.69) is 44.3 Å². The van der Waals surface area contributed by atoms with Gasteiger partial charge in [-0.1, -0.05) is 25.1 Å². The highest BCUT2D eigenvalue weighted by Crippen LogP contribution is 2.20. The van der Waals surface area contributed by atoms with Crippen LogP contribution in [0.4, 0.5) is 0 Å². The first-order valence-corrected chi connectivity index (χ1v) is 7.62. The molecule has 1 aliphatic heterocycles. The van der Waals surface area contributed by atoms with Crippen LogP contribution in [0.1, 0.15) is 42.9 Å². The second kappa shape index (κ2) is 7.06. The topological polar surface area (TPSA) is 21.3 Å². The fourth-order valence-corrected chi connectivity index (χ4v) is 2.77. The first kappa shape index (κ1) is 14.5. The summed E-state index contributed by atoms with van der Waals surface area (Å²) < 4.78 is 5.88. The largest absolute Gasteiger partial charge is 0.377 e. The van der Waals surface area contributed by atoms with E-state index in [1.54, 1.807) is 0 Å². The molecule has 106 valence electrons. The number of hydrogen-bond acceptors (Lipinski definition) is 2. The molecule has 1 heterocycles. The predicted octanol–water partition coefficient (Wildman–Crippen LogP) is 3.39. The Morgan fingerprint density at radius 1 is 1.32 bits per heavy atom. The highest BCUT2D eigenvalue weighted by molar-refractivity contribution is 5.30. The molecule has 1 aliphatic rings. The van der Waals surface area contributed by atoms with Crippen LogP contribution in [0.5, 0.6) is 0 Å². The first-order valence-electron chi connectivity index (χ1n) is 7.62. The van der Waals surface area contributed by atoms with Gasteiger partial charge in [0.1, 0.15) is 0 Å². The summed E-state index contributed by atoms with van der Waals surface area (Å²) in [4.78, 5) is 0. The number of aryl methyl sites for hydroxylation is 2.